The topological polar surface area (TPSA) is 126 Å². The number of anilines is 1. The Hall–Kier alpha value is -1.75. The van der Waals surface area contributed by atoms with Gasteiger partial charge in [0.2, 0.25) is 24.8 Å². The Kier molecular flexibility index (Phi) is 3.21. The molecule has 11 heteroatoms. The van der Waals surface area contributed by atoms with Crippen LogP contribution in [0.1, 0.15) is 0 Å². The van der Waals surface area contributed by atoms with Gasteiger partial charge in [0.1, 0.15) is 5.52 Å². The van der Waals surface area contributed by atoms with Gasteiger partial charge in [-0.3, -0.25) is 0 Å². The van der Waals surface area contributed by atoms with Gasteiger partial charge in [0.05, 0.1) is 0 Å². The van der Waals surface area contributed by atoms with E-state index in [1.165, 1.54) is 0 Å². The summed E-state index contributed by atoms with van der Waals surface area (Å²) < 4.78 is 46.1. The van der Waals surface area contributed by atoms with Crippen LogP contribution in [0.4, 0.5) is 5.82 Å². The quantitative estimate of drug-likeness (QED) is 0.731. The van der Waals surface area contributed by atoms with Crippen LogP contribution in [0.2, 0.25) is 0 Å². The van der Waals surface area contributed by atoms with Crippen molar-refractivity contribution in [2.45, 2.75) is 10.3 Å². The van der Waals surface area contributed by atoms with Gasteiger partial charge in [-0.05, 0) is 0 Å². The van der Waals surface area contributed by atoms with Crippen LogP contribution in [0.5, 0.6) is 0 Å². The molecule has 1 N–H and O–H groups in total. The monoisotopic (exact) mass is 319 g/mol. The second-order valence-electron chi connectivity index (χ2n) is 4.51. The van der Waals surface area contributed by atoms with Crippen LogP contribution >= 0.6 is 0 Å². The molecule has 0 spiro atoms. The molecule has 2 aromatic heterocycles. The number of rotatable bonds is 3. The average molecular weight is 319 g/mol. The van der Waals surface area contributed by atoms with E-state index in [9.17, 15) is 16.8 Å². The highest BCUT2D eigenvalue weighted by Gasteiger charge is 2.22. The molecule has 2 heterocycles. The zero-order chi connectivity index (χ0) is 15.3. The summed E-state index contributed by atoms with van der Waals surface area (Å²) in [5.41, 5.74) is 0.257. The second-order valence-corrected chi connectivity index (χ2v) is 8.35. The van der Waals surface area contributed by atoms with Gasteiger partial charge in [-0.1, -0.05) is 0 Å². The molecule has 0 radical (unpaired) electrons. The van der Waals surface area contributed by atoms with E-state index in [4.69, 9.17) is 0 Å². The average Bonchev–Trinajstić information content (AvgIpc) is 2.68. The van der Waals surface area contributed by atoms with E-state index >= 15 is 0 Å². The van der Waals surface area contributed by atoms with Gasteiger partial charge in [0, 0.05) is 26.6 Å². The molecule has 2 rings (SSSR count). The van der Waals surface area contributed by atoms with Crippen molar-refractivity contribution in [2.24, 2.45) is 0 Å². The Morgan fingerprint density at radius 1 is 0.950 bits per heavy atom. The summed E-state index contributed by atoms with van der Waals surface area (Å²) in [5, 5.41) is -0.684. The molecule has 2 aromatic rings. The van der Waals surface area contributed by atoms with Crippen LogP contribution in [0, 0.1) is 0 Å². The lowest BCUT2D eigenvalue weighted by Gasteiger charge is -2.12. The molecular weight excluding hydrogens is 306 g/mol. The first kappa shape index (κ1) is 14.7. The lowest BCUT2D eigenvalue weighted by atomic mass is 10.5. The van der Waals surface area contributed by atoms with Crippen molar-refractivity contribution in [3.05, 3.63) is 0 Å². The Morgan fingerprint density at radius 2 is 1.55 bits per heavy atom. The van der Waals surface area contributed by atoms with Crippen LogP contribution in [-0.4, -0.2) is 63.4 Å². The first-order valence-electron chi connectivity index (χ1n) is 5.35. The number of nitrogens with zero attached hydrogens (tertiary/aromatic N) is 4. The first-order valence-corrected chi connectivity index (χ1v) is 9.13. The second kappa shape index (κ2) is 4.38. The summed E-state index contributed by atoms with van der Waals surface area (Å²) >= 11 is 0. The molecular formula is C9H13N5O4S2. The molecule has 0 unspecified atom stereocenters. The van der Waals surface area contributed by atoms with Crippen LogP contribution in [-0.2, 0) is 19.7 Å². The van der Waals surface area contributed by atoms with Crippen molar-refractivity contribution in [1.29, 1.82) is 0 Å². The van der Waals surface area contributed by atoms with Gasteiger partial charge in [-0.15, -0.1) is 0 Å². The van der Waals surface area contributed by atoms with Crippen LogP contribution in [0.25, 0.3) is 11.2 Å². The maximum atomic E-state index is 11.6. The number of imidazole rings is 1. The third-order valence-corrected chi connectivity index (χ3v) is 4.14. The Labute approximate surface area is 115 Å². The largest absolute Gasteiger partial charge is 0.361 e. The van der Waals surface area contributed by atoms with Gasteiger partial charge in [0.25, 0.3) is 5.16 Å². The molecule has 0 fully saturated rings. The summed E-state index contributed by atoms with van der Waals surface area (Å²) in [5.74, 6) is 0.248. The van der Waals surface area contributed by atoms with E-state index in [0.717, 1.165) is 12.5 Å². The molecule has 0 saturated heterocycles. The molecule has 0 aliphatic carbocycles. The van der Waals surface area contributed by atoms with E-state index < -0.39 is 24.8 Å². The summed E-state index contributed by atoms with van der Waals surface area (Å²) in [6, 6.07) is 0. The summed E-state index contributed by atoms with van der Waals surface area (Å²) in [6.07, 6.45) is 1.96. The molecule has 0 aliphatic heterocycles. The normalized spacial score (nSPS) is 12.8. The van der Waals surface area contributed by atoms with Crippen molar-refractivity contribution in [3.8, 4) is 0 Å². The van der Waals surface area contributed by atoms with Gasteiger partial charge in [-0.25, -0.2) is 16.8 Å². The minimum Gasteiger partial charge on any atom is -0.361 e. The first-order chi connectivity index (χ1) is 9.00. The SMILES string of the molecule is CN(C)c1nc(S(C)(=O)=O)nc2nc(S(C)(=O)=O)[nH]c12. The van der Waals surface area contributed by atoms with Crippen molar-refractivity contribution in [1.82, 2.24) is 19.9 Å². The number of H-pyrrole nitrogens is 1. The molecule has 20 heavy (non-hydrogen) atoms. The zero-order valence-corrected chi connectivity index (χ0v) is 12.9. The molecule has 9 nitrogen and oxygen atoms in total. The Bertz CT molecular complexity index is 882. The highest BCUT2D eigenvalue weighted by atomic mass is 32.2. The lowest BCUT2D eigenvalue weighted by Crippen LogP contribution is -2.14. The maximum absolute atomic E-state index is 11.6. The number of fused-ring (bicyclic) bond motifs is 1. The number of aromatic nitrogens is 4. The number of hydrogen-bond acceptors (Lipinski definition) is 8. The predicted octanol–water partition coefficient (Wildman–Crippen LogP) is -0.774. The Morgan fingerprint density at radius 3 is 2.00 bits per heavy atom. The summed E-state index contributed by atoms with van der Waals surface area (Å²) in [7, 11) is -3.89. The highest BCUT2D eigenvalue weighted by molar-refractivity contribution is 7.90. The fourth-order valence-electron chi connectivity index (χ4n) is 1.51. The summed E-state index contributed by atoms with van der Waals surface area (Å²) in [4.78, 5) is 15.7. The van der Waals surface area contributed by atoms with Crippen LogP contribution in [0.3, 0.4) is 0 Å². The van der Waals surface area contributed by atoms with Crippen molar-refractivity contribution in [2.75, 3.05) is 31.5 Å². The van der Waals surface area contributed by atoms with E-state index in [2.05, 4.69) is 19.9 Å². The molecule has 0 saturated carbocycles. The van der Waals surface area contributed by atoms with E-state index in [-0.39, 0.29) is 22.1 Å². The molecule has 0 atom stereocenters. The van der Waals surface area contributed by atoms with Gasteiger partial charge in [0.15, 0.2) is 11.5 Å². The highest BCUT2D eigenvalue weighted by Crippen LogP contribution is 2.23. The fraction of sp³-hybridized carbons (Fsp3) is 0.444. The van der Waals surface area contributed by atoms with Gasteiger partial charge in [-0.2, -0.15) is 15.0 Å². The molecule has 0 aromatic carbocycles. The van der Waals surface area contributed by atoms with E-state index in [0.29, 0.717) is 0 Å². The number of sulfone groups is 2. The number of hydrogen-bond donors (Lipinski definition) is 1. The van der Waals surface area contributed by atoms with Crippen molar-refractivity contribution >= 4 is 36.7 Å². The molecule has 0 bridgehead atoms. The lowest BCUT2D eigenvalue weighted by molar-refractivity contribution is 0.593. The number of nitrogens with one attached hydrogen (secondary N) is 1. The molecule has 0 amide bonds. The number of aromatic amines is 1. The van der Waals surface area contributed by atoms with Gasteiger partial charge < -0.3 is 9.88 Å². The van der Waals surface area contributed by atoms with Crippen LogP contribution in [0.15, 0.2) is 10.3 Å². The minimum absolute atomic E-state index is 0.00968. The standard InChI is InChI=1S/C9H13N5O4S2/c1-14(2)7-5-6(11-8(10-5)19(3,15)16)12-9(13-7)20(4,17)18/h1-4H3,(H,10,11,12,13). The third-order valence-electron chi connectivity index (χ3n) is 2.40. The van der Waals surface area contributed by atoms with Crippen molar-refractivity contribution in [3.63, 3.8) is 0 Å². The van der Waals surface area contributed by atoms with Crippen molar-refractivity contribution < 1.29 is 16.8 Å². The van der Waals surface area contributed by atoms with E-state index in [1.54, 1.807) is 19.0 Å². The summed E-state index contributed by atoms with van der Waals surface area (Å²) in [6.45, 7) is 0. The maximum Gasteiger partial charge on any atom is 0.250 e. The smallest absolute Gasteiger partial charge is 0.250 e. The Balaban J connectivity index is 2.89. The van der Waals surface area contributed by atoms with Crippen LogP contribution < -0.4 is 4.90 Å². The molecule has 110 valence electrons. The van der Waals surface area contributed by atoms with E-state index in [1.807, 2.05) is 0 Å². The fourth-order valence-corrected chi connectivity index (χ4v) is 2.55. The predicted molar refractivity (Wildman–Crippen MR) is 72.2 cm³/mol. The van der Waals surface area contributed by atoms with Gasteiger partial charge >= 0.3 is 0 Å². The minimum atomic E-state index is -3.63. The zero-order valence-electron chi connectivity index (χ0n) is 11.2. The third kappa shape index (κ3) is 2.58. The molecule has 0 aliphatic rings.